The van der Waals surface area contributed by atoms with E-state index >= 15 is 0 Å². The van der Waals surface area contributed by atoms with Crippen molar-refractivity contribution in [2.75, 3.05) is 13.4 Å². The summed E-state index contributed by atoms with van der Waals surface area (Å²) >= 11 is 4.64. The molecule has 1 spiro atoms. The molecule has 0 saturated heterocycles. The first-order valence-electron chi connectivity index (χ1n) is 9.50. The zero-order valence-corrected chi connectivity index (χ0v) is 18.0. The molecule has 1 N–H and O–H groups in total. The van der Waals surface area contributed by atoms with Crippen molar-refractivity contribution >= 4 is 34.6 Å². The Bertz CT molecular complexity index is 946. The number of benzene rings is 1. The summed E-state index contributed by atoms with van der Waals surface area (Å²) in [6, 6.07) is 8.46. The van der Waals surface area contributed by atoms with Gasteiger partial charge in [0.15, 0.2) is 0 Å². The fraction of sp³-hybridized carbons (Fsp3) is 0.348. The molecular weight excluding hydrogens is 370 g/mol. The lowest BCUT2D eigenvalue weighted by molar-refractivity contribution is -0.126. The lowest BCUT2D eigenvalue weighted by Gasteiger charge is -2.22. The van der Waals surface area contributed by atoms with E-state index in [0.717, 1.165) is 35.0 Å². The first-order chi connectivity index (χ1) is 13.6. The molecule has 1 aliphatic carbocycles. The smallest absolute Gasteiger partial charge is 0.235 e. The van der Waals surface area contributed by atoms with Gasteiger partial charge >= 0.3 is 0 Å². The predicted octanol–water partition coefficient (Wildman–Crippen LogP) is 4.78. The molecule has 1 aromatic heterocycles. The number of fused-ring (bicyclic) bond motifs is 2. The van der Waals surface area contributed by atoms with Crippen molar-refractivity contribution in [3.8, 4) is 0 Å². The molecule has 1 aromatic carbocycles. The average Bonchev–Trinajstić information content (AvgIpc) is 3.24. The van der Waals surface area contributed by atoms with Crippen molar-refractivity contribution in [2.24, 2.45) is 10.4 Å². The number of carbonyl (C=O) groups is 1. The van der Waals surface area contributed by atoms with E-state index in [-0.39, 0.29) is 5.91 Å². The summed E-state index contributed by atoms with van der Waals surface area (Å²) in [5.41, 5.74) is 5.01. The third kappa shape index (κ3) is 4.02. The van der Waals surface area contributed by atoms with Gasteiger partial charge in [-0.15, -0.1) is 11.6 Å². The number of hydrogen-bond donors (Lipinski definition) is 1. The highest BCUT2D eigenvalue weighted by molar-refractivity contribution is 6.15. The van der Waals surface area contributed by atoms with Crippen LogP contribution in [0.25, 0.3) is 10.9 Å². The Morgan fingerprint density at radius 2 is 1.86 bits per heavy atom. The normalized spacial score (nSPS) is 19.9. The molecule has 1 aliphatic heterocycles. The minimum absolute atomic E-state index is 0.0833. The molecule has 0 bridgehead atoms. The molecular formula is C23H28ClN3O. The third-order valence-electron chi connectivity index (χ3n) is 4.99. The molecule has 5 heteroatoms. The number of alkyl halides is 1. The summed E-state index contributed by atoms with van der Waals surface area (Å²) in [6.45, 7) is 6.00. The molecule has 2 aliphatic rings. The van der Waals surface area contributed by atoms with E-state index in [2.05, 4.69) is 45.1 Å². The van der Waals surface area contributed by atoms with Crippen LogP contribution in [0.2, 0.25) is 0 Å². The average molecular weight is 398 g/mol. The summed E-state index contributed by atoms with van der Waals surface area (Å²) in [6.07, 6.45) is 10.4. The maximum absolute atomic E-state index is 12.6. The van der Waals surface area contributed by atoms with Gasteiger partial charge in [0.25, 0.3) is 0 Å². The van der Waals surface area contributed by atoms with Crippen LogP contribution in [-0.4, -0.2) is 30.5 Å². The van der Waals surface area contributed by atoms with Crippen molar-refractivity contribution in [2.45, 2.75) is 33.6 Å². The molecule has 1 atom stereocenters. The molecule has 148 valence electrons. The number of carbonyl (C=O) groups excluding carboxylic acids is 1. The number of aromatic nitrogens is 1. The number of aryl methyl sites for hydroxylation is 1. The second kappa shape index (κ2) is 9.65. The van der Waals surface area contributed by atoms with E-state index in [1.165, 1.54) is 17.5 Å². The van der Waals surface area contributed by atoms with E-state index < -0.39 is 5.41 Å². The second-order valence-electron chi connectivity index (χ2n) is 6.54. The second-order valence-corrected chi connectivity index (χ2v) is 6.54. The maximum Gasteiger partial charge on any atom is 0.235 e. The van der Waals surface area contributed by atoms with Crippen molar-refractivity contribution in [3.63, 3.8) is 0 Å². The van der Waals surface area contributed by atoms with E-state index in [0.29, 0.717) is 0 Å². The molecule has 4 nitrogen and oxygen atoms in total. The van der Waals surface area contributed by atoms with Crippen molar-refractivity contribution in [1.29, 1.82) is 0 Å². The van der Waals surface area contributed by atoms with E-state index in [4.69, 9.17) is 0 Å². The molecule has 2 aromatic rings. The van der Waals surface area contributed by atoms with Gasteiger partial charge < -0.3 is 5.32 Å². The van der Waals surface area contributed by atoms with Crippen LogP contribution in [0.5, 0.6) is 0 Å². The minimum atomic E-state index is -0.493. The molecule has 1 unspecified atom stereocenters. The van der Waals surface area contributed by atoms with Crippen LogP contribution in [-0.2, 0) is 17.6 Å². The van der Waals surface area contributed by atoms with Gasteiger partial charge in [0.1, 0.15) is 0 Å². The molecule has 2 heterocycles. The fourth-order valence-electron chi connectivity index (χ4n) is 3.76. The number of hydrogen-bond acceptors (Lipinski definition) is 3. The van der Waals surface area contributed by atoms with Crippen molar-refractivity contribution < 1.29 is 4.79 Å². The van der Waals surface area contributed by atoms with E-state index in [1.54, 1.807) is 13.3 Å². The zero-order chi connectivity index (χ0) is 20.7. The first kappa shape index (κ1) is 21.8. The van der Waals surface area contributed by atoms with Gasteiger partial charge in [-0.25, -0.2) is 0 Å². The summed E-state index contributed by atoms with van der Waals surface area (Å²) in [5, 5.41) is 4.04. The number of halogens is 1. The molecule has 4 rings (SSSR count). The van der Waals surface area contributed by atoms with Gasteiger partial charge in [-0.2, -0.15) is 0 Å². The zero-order valence-electron chi connectivity index (χ0n) is 17.2. The Kier molecular flexibility index (Phi) is 7.53. The van der Waals surface area contributed by atoms with Gasteiger partial charge in [-0.05, 0) is 60.7 Å². The Morgan fingerprint density at radius 1 is 1.18 bits per heavy atom. The Labute approximate surface area is 172 Å². The van der Waals surface area contributed by atoms with Crippen LogP contribution in [0.15, 0.2) is 53.2 Å². The van der Waals surface area contributed by atoms with Crippen LogP contribution in [0.3, 0.4) is 0 Å². The predicted molar refractivity (Wildman–Crippen MR) is 119 cm³/mol. The Morgan fingerprint density at radius 3 is 2.54 bits per heavy atom. The summed E-state index contributed by atoms with van der Waals surface area (Å²) < 4.78 is 0. The van der Waals surface area contributed by atoms with Gasteiger partial charge in [-0.1, -0.05) is 26.0 Å². The monoisotopic (exact) mass is 397 g/mol. The number of nitrogens with zero attached hydrogens (tertiary/aromatic N) is 2. The lowest BCUT2D eigenvalue weighted by atomic mass is 9.78. The van der Waals surface area contributed by atoms with Crippen molar-refractivity contribution in [3.05, 3.63) is 65.0 Å². The number of amides is 1. The minimum Gasteiger partial charge on any atom is -0.332 e. The van der Waals surface area contributed by atoms with Crippen LogP contribution >= 0.6 is 11.6 Å². The standard InChI is InChI=1S/C20H19N3O.C2H6.CH3Cl/c1-13-5-6-14-8-15-10-20(11-16(15)9-18(14)23-13)17(4-3-7-21-2)12-22-19(20)24;2*1-2/h3-9,12H,10-11H2,1-2H3,(H,22,24);1-2H3;1H3/b4-3-,21-7?;;. The van der Waals surface area contributed by atoms with Gasteiger partial charge in [0, 0.05) is 36.9 Å². The van der Waals surface area contributed by atoms with Gasteiger partial charge in [-0.3, -0.25) is 14.8 Å². The molecule has 1 amide bonds. The van der Waals surface area contributed by atoms with Crippen LogP contribution in [0.1, 0.15) is 30.7 Å². The Hall–Kier alpha value is -2.46. The first-order valence-corrected chi connectivity index (χ1v) is 10.3. The Balaban J connectivity index is 0.000000660. The molecule has 28 heavy (non-hydrogen) atoms. The molecule has 0 saturated carbocycles. The third-order valence-corrected chi connectivity index (χ3v) is 4.99. The number of nitrogens with one attached hydrogen (secondary N) is 1. The lowest BCUT2D eigenvalue weighted by Crippen LogP contribution is -2.34. The number of allylic oxidation sites excluding steroid dienone is 2. The highest BCUT2D eigenvalue weighted by atomic mass is 35.5. The topological polar surface area (TPSA) is 54.4 Å². The highest BCUT2D eigenvalue weighted by Crippen LogP contribution is 2.46. The van der Waals surface area contributed by atoms with E-state index in [9.17, 15) is 4.79 Å². The summed E-state index contributed by atoms with van der Waals surface area (Å²) in [4.78, 5) is 21.2. The van der Waals surface area contributed by atoms with Gasteiger partial charge in [0.2, 0.25) is 5.91 Å². The van der Waals surface area contributed by atoms with Crippen LogP contribution < -0.4 is 5.32 Å². The summed E-state index contributed by atoms with van der Waals surface area (Å²) in [5.74, 6) is 0.0833. The molecule has 0 radical (unpaired) electrons. The summed E-state index contributed by atoms with van der Waals surface area (Å²) in [7, 11) is 1.73. The largest absolute Gasteiger partial charge is 0.332 e. The van der Waals surface area contributed by atoms with Gasteiger partial charge in [0.05, 0.1) is 10.9 Å². The highest BCUT2D eigenvalue weighted by Gasteiger charge is 2.48. The van der Waals surface area contributed by atoms with E-state index in [1.807, 2.05) is 45.2 Å². The fourth-order valence-corrected chi connectivity index (χ4v) is 3.76. The number of pyridine rings is 1. The van der Waals surface area contributed by atoms with Crippen molar-refractivity contribution in [1.82, 2.24) is 10.3 Å². The van der Waals surface area contributed by atoms with Crippen LogP contribution in [0.4, 0.5) is 0 Å². The molecule has 0 fully saturated rings. The quantitative estimate of drug-likeness (QED) is 0.585. The number of aliphatic imine (C=N–C) groups is 1. The SMILES string of the molecule is CC.CCl.CN=C/C=C\C1=CNC(=O)C12Cc1cc3ccc(C)nc3cc1C2. The number of rotatable bonds is 2. The maximum atomic E-state index is 12.6. The van der Waals surface area contributed by atoms with Crippen LogP contribution in [0, 0.1) is 12.3 Å².